The molecule has 0 radical (unpaired) electrons. The Morgan fingerprint density at radius 1 is 1.18 bits per heavy atom. The van der Waals surface area contributed by atoms with Gasteiger partial charge in [0.15, 0.2) is 6.10 Å². The molecule has 0 bridgehead atoms. The summed E-state index contributed by atoms with van der Waals surface area (Å²) in [6.45, 7) is 0.912. The van der Waals surface area contributed by atoms with Gasteiger partial charge in [0.25, 0.3) is 0 Å². The second-order valence-electron chi connectivity index (χ2n) is 7.41. The maximum Gasteiger partial charge on any atom is 0.226 e. The molecule has 2 aliphatic rings. The number of hydrogen-bond acceptors (Lipinski definition) is 3. The number of carbonyl (C=O) groups is 1. The summed E-state index contributed by atoms with van der Waals surface area (Å²) in [6.07, 6.45) is 3.37. The van der Waals surface area contributed by atoms with Crippen LogP contribution in [0.15, 0.2) is 53.7 Å². The van der Waals surface area contributed by atoms with Crippen LogP contribution in [0, 0.1) is 11.7 Å². The van der Waals surface area contributed by atoms with Gasteiger partial charge in [0.1, 0.15) is 5.82 Å². The largest absolute Gasteiger partial charge is 0.390 e. The average molecular weight is 401 g/mol. The molecule has 2 aromatic carbocycles. The highest BCUT2D eigenvalue weighted by Gasteiger charge is 2.33. The Morgan fingerprint density at radius 2 is 1.93 bits per heavy atom. The van der Waals surface area contributed by atoms with E-state index in [0.717, 1.165) is 36.1 Å². The Bertz CT molecular complexity index is 880. The summed E-state index contributed by atoms with van der Waals surface area (Å²) in [5, 5.41) is 4.82. The number of nitrogens with zero attached hydrogens (tertiary/aromatic N) is 2. The van der Waals surface area contributed by atoms with Gasteiger partial charge in [-0.2, -0.15) is 0 Å². The van der Waals surface area contributed by atoms with Crippen molar-refractivity contribution in [2.75, 3.05) is 6.54 Å². The Hall–Kier alpha value is -2.40. The average Bonchev–Trinajstić information content (AvgIpc) is 3.10. The number of benzene rings is 2. The summed E-state index contributed by atoms with van der Waals surface area (Å²) < 4.78 is 13.1. The molecule has 1 atom stereocenters. The lowest BCUT2D eigenvalue weighted by molar-refractivity contribution is -0.140. The smallest absolute Gasteiger partial charge is 0.226 e. The predicted molar refractivity (Wildman–Crippen MR) is 107 cm³/mol. The summed E-state index contributed by atoms with van der Waals surface area (Å²) in [5.74, 6) is -0.0248. The van der Waals surface area contributed by atoms with Crippen molar-refractivity contribution in [2.45, 2.75) is 38.3 Å². The molecule has 0 spiro atoms. The minimum Gasteiger partial charge on any atom is -0.390 e. The first-order valence-corrected chi connectivity index (χ1v) is 9.99. The first kappa shape index (κ1) is 18.9. The molecule has 6 heteroatoms. The van der Waals surface area contributed by atoms with Crippen molar-refractivity contribution in [2.24, 2.45) is 11.1 Å². The van der Waals surface area contributed by atoms with E-state index in [2.05, 4.69) is 5.16 Å². The van der Waals surface area contributed by atoms with Crippen molar-refractivity contribution in [1.29, 1.82) is 0 Å². The van der Waals surface area contributed by atoms with Crippen LogP contribution in [0.3, 0.4) is 0 Å². The molecule has 2 aromatic rings. The molecular weight excluding hydrogens is 379 g/mol. The van der Waals surface area contributed by atoms with Gasteiger partial charge in [-0.3, -0.25) is 4.79 Å². The first-order valence-electron chi connectivity index (χ1n) is 9.61. The van der Waals surface area contributed by atoms with Crippen LogP contribution in [0.4, 0.5) is 4.39 Å². The number of hydrogen-bond donors (Lipinski definition) is 0. The third-order valence-corrected chi connectivity index (χ3v) is 5.79. The maximum absolute atomic E-state index is 13.1. The molecule has 1 saturated carbocycles. The fraction of sp³-hybridized carbons (Fsp3) is 0.364. The number of amides is 1. The van der Waals surface area contributed by atoms with Crippen LogP contribution in [0.1, 0.15) is 36.8 Å². The monoisotopic (exact) mass is 400 g/mol. The van der Waals surface area contributed by atoms with Crippen LogP contribution in [0.2, 0.25) is 5.02 Å². The van der Waals surface area contributed by atoms with E-state index in [-0.39, 0.29) is 23.7 Å². The molecule has 0 N–H and O–H groups in total. The summed E-state index contributed by atoms with van der Waals surface area (Å²) in [7, 11) is 0. The van der Waals surface area contributed by atoms with E-state index in [0.29, 0.717) is 24.5 Å². The molecule has 1 aliphatic carbocycles. The normalized spacial score (nSPS) is 18.9. The van der Waals surface area contributed by atoms with Gasteiger partial charge in [-0.05, 0) is 42.2 Å². The third-order valence-electron chi connectivity index (χ3n) is 5.42. The van der Waals surface area contributed by atoms with Crippen LogP contribution in [-0.2, 0) is 16.2 Å². The van der Waals surface area contributed by atoms with Crippen molar-refractivity contribution in [3.05, 3.63) is 70.5 Å². The fourth-order valence-electron chi connectivity index (χ4n) is 3.56. The zero-order valence-corrected chi connectivity index (χ0v) is 16.2. The van der Waals surface area contributed by atoms with Gasteiger partial charge < -0.3 is 9.74 Å². The minimum atomic E-state index is -0.281. The standard InChI is InChI=1S/C22H22ClFN2O2/c23-20-7-2-1-4-17(20)13-26(22(27)16-5-3-6-16)14-19-12-21(25-28-19)15-8-10-18(24)11-9-15/h1-2,4,7-11,16,19H,3,5-6,12-14H2. The van der Waals surface area contributed by atoms with E-state index < -0.39 is 0 Å². The van der Waals surface area contributed by atoms with E-state index in [1.165, 1.54) is 12.1 Å². The minimum absolute atomic E-state index is 0.0985. The third kappa shape index (κ3) is 4.20. The highest BCUT2D eigenvalue weighted by atomic mass is 35.5. The molecule has 4 rings (SSSR count). The Balaban J connectivity index is 1.44. The van der Waals surface area contributed by atoms with Crippen molar-refractivity contribution >= 4 is 23.2 Å². The lowest BCUT2D eigenvalue weighted by atomic mass is 9.84. The molecule has 0 aromatic heterocycles. The maximum atomic E-state index is 13.1. The van der Waals surface area contributed by atoms with E-state index in [1.54, 1.807) is 12.1 Å². The fourth-order valence-corrected chi connectivity index (χ4v) is 3.76. The molecule has 1 fully saturated rings. The van der Waals surface area contributed by atoms with Crippen molar-refractivity contribution in [3.8, 4) is 0 Å². The van der Waals surface area contributed by atoms with Crippen molar-refractivity contribution in [1.82, 2.24) is 4.90 Å². The molecule has 1 aliphatic heterocycles. The highest BCUT2D eigenvalue weighted by Crippen LogP contribution is 2.30. The van der Waals surface area contributed by atoms with Gasteiger partial charge in [-0.1, -0.05) is 53.5 Å². The Kier molecular flexibility index (Phi) is 5.62. The van der Waals surface area contributed by atoms with Gasteiger partial charge in [-0.25, -0.2) is 4.39 Å². The number of oxime groups is 1. The van der Waals surface area contributed by atoms with Crippen LogP contribution in [-0.4, -0.2) is 29.2 Å². The number of halogens is 2. The Labute approximate surface area is 168 Å². The highest BCUT2D eigenvalue weighted by molar-refractivity contribution is 6.31. The molecule has 1 unspecified atom stereocenters. The summed E-state index contributed by atoms with van der Waals surface area (Å²) in [5.41, 5.74) is 2.54. The van der Waals surface area contributed by atoms with Gasteiger partial charge >= 0.3 is 0 Å². The first-order chi connectivity index (χ1) is 13.6. The van der Waals surface area contributed by atoms with Crippen LogP contribution < -0.4 is 0 Å². The predicted octanol–water partition coefficient (Wildman–Crippen LogP) is 4.80. The quantitative estimate of drug-likeness (QED) is 0.698. The molecule has 1 amide bonds. The van der Waals surface area contributed by atoms with Crippen molar-refractivity contribution in [3.63, 3.8) is 0 Å². The number of carbonyl (C=O) groups excluding carboxylic acids is 1. The van der Waals surface area contributed by atoms with E-state index in [9.17, 15) is 9.18 Å². The summed E-state index contributed by atoms with van der Waals surface area (Å²) in [4.78, 5) is 20.4. The Morgan fingerprint density at radius 3 is 2.61 bits per heavy atom. The molecule has 4 nitrogen and oxygen atoms in total. The van der Waals surface area contributed by atoms with Gasteiger partial charge in [-0.15, -0.1) is 0 Å². The van der Waals surface area contributed by atoms with Crippen LogP contribution in [0.25, 0.3) is 0 Å². The lowest BCUT2D eigenvalue weighted by Gasteiger charge is -2.33. The molecule has 28 heavy (non-hydrogen) atoms. The summed E-state index contributed by atoms with van der Waals surface area (Å²) >= 11 is 6.31. The molecule has 146 valence electrons. The van der Waals surface area contributed by atoms with E-state index in [1.807, 2.05) is 29.2 Å². The zero-order chi connectivity index (χ0) is 19.5. The SMILES string of the molecule is O=C(C1CCC1)N(Cc1ccccc1Cl)CC1CC(c2ccc(F)cc2)=NO1. The van der Waals surface area contributed by atoms with E-state index >= 15 is 0 Å². The lowest BCUT2D eigenvalue weighted by Crippen LogP contribution is -2.42. The van der Waals surface area contributed by atoms with Gasteiger partial charge in [0, 0.05) is 23.9 Å². The molecule has 1 heterocycles. The molecule has 0 saturated heterocycles. The van der Waals surface area contributed by atoms with Crippen molar-refractivity contribution < 1.29 is 14.0 Å². The van der Waals surface area contributed by atoms with Gasteiger partial charge in [0.05, 0.1) is 12.3 Å². The molecular formula is C22H22ClFN2O2. The topological polar surface area (TPSA) is 41.9 Å². The summed E-state index contributed by atoms with van der Waals surface area (Å²) in [6, 6.07) is 13.8. The number of rotatable bonds is 6. The van der Waals surface area contributed by atoms with Crippen LogP contribution in [0.5, 0.6) is 0 Å². The second-order valence-corrected chi connectivity index (χ2v) is 7.82. The van der Waals surface area contributed by atoms with Crippen LogP contribution >= 0.6 is 11.6 Å². The second kappa shape index (κ2) is 8.31. The van der Waals surface area contributed by atoms with E-state index in [4.69, 9.17) is 16.4 Å². The zero-order valence-electron chi connectivity index (χ0n) is 15.5. The van der Waals surface area contributed by atoms with Gasteiger partial charge in [0.2, 0.25) is 5.91 Å².